The van der Waals surface area contributed by atoms with Crippen LogP contribution in [0.3, 0.4) is 0 Å². The molecule has 2 saturated carbocycles. The molecule has 2 fully saturated rings. The fraction of sp³-hybridized carbons (Fsp3) is 0.731. The second-order valence-corrected chi connectivity index (χ2v) is 10.0. The molecule has 0 aromatic heterocycles. The number of hydrogen-bond acceptors (Lipinski definition) is 3. The van der Waals surface area contributed by atoms with Crippen molar-refractivity contribution in [2.24, 2.45) is 23.7 Å². The number of carbonyl (C=O) groups is 1. The van der Waals surface area contributed by atoms with E-state index >= 15 is 0 Å². The summed E-state index contributed by atoms with van der Waals surface area (Å²) in [7, 11) is 0. The molecule has 0 saturated heterocycles. The normalized spacial score (nSPS) is 27.5. The van der Waals surface area contributed by atoms with Gasteiger partial charge in [0.1, 0.15) is 5.75 Å². The monoisotopic (exact) mass is 416 g/mol. The molecule has 3 rings (SSSR count). The Bertz CT molecular complexity index is 596. The number of carbonyl (C=O) groups excluding carboxylic acids is 1. The number of rotatable bonds is 9. The Kier molecular flexibility index (Phi) is 9.42. The number of thiol groups is 1. The molecule has 1 aromatic carbocycles. The fourth-order valence-corrected chi connectivity index (χ4v) is 5.67. The molecule has 0 aliphatic heterocycles. The van der Waals surface area contributed by atoms with Crippen molar-refractivity contribution in [2.45, 2.75) is 102 Å². The molecule has 0 N–H and O–H groups in total. The number of benzene rings is 1. The van der Waals surface area contributed by atoms with E-state index in [1.165, 1.54) is 77.0 Å². The van der Waals surface area contributed by atoms with Gasteiger partial charge in [-0.1, -0.05) is 58.3 Å². The van der Waals surface area contributed by atoms with Gasteiger partial charge in [0.05, 0.1) is 5.92 Å². The van der Waals surface area contributed by atoms with Crippen molar-refractivity contribution in [2.75, 3.05) is 0 Å². The molecule has 0 amide bonds. The Morgan fingerprint density at radius 1 is 0.862 bits per heavy atom. The lowest BCUT2D eigenvalue weighted by Crippen LogP contribution is -2.30. The van der Waals surface area contributed by atoms with Crippen molar-refractivity contribution in [3.8, 4) is 5.75 Å². The van der Waals surface area contributed by atoms with E-state index in [1.807, 2.05) is 24.3 Å². The Labute approximate surface area is 183 Å². The third-order valence-electron chi connectivity index (χ3n) is 7.43. The summed E-state index contributed by atoms with van der Waals surface area (Å²) in [6.07, 6.45) is 18.7. The van der Waals surface area contributed by atoms with Crippen molar-refractivity contribution in [3.63, 3.8) is 0 Å². The molecule has 0 unspecified atom stereocenters. The molecule has 0 spiro atoms. The average molecular weight is 417 g/mol. The van der Waals surface area contributed by atoms with Crippen molar-refractivity contribution in [3.05, 3.63) is 24.3 Å². The van der Waals surface area contributed by atoms with E-state index in [4.69, 9.17) is 4.74 Å². The predicted octanol–water partition coefficient (Wildman–Crippen LogP) is 7.85. The van der Waals surface area contributed by atoms with Gasteiger partial charge in [-0.25, -0.2) is 0 Å². The van der Waals surface area contributed by atoms with Crippen molar-refractivity contribution in [1.29, 1.82) is 0 Å². The first-order valence-electron chi connectivity index (χ1n) is 12.2. The Morgan fingerprint density at radius 3 is 2.07 bits per heavy atom. The third kappa shape index (κ3) is 7.35. The van der Waals surface area contributed by atoms with Crippen LogP contribution >= 0.6 is 12.6 Å². The van der Waals surface area contributed by atoms with Crippen molar-refractivity contribution in [1.82, 2.24) is 0 Å². The largest absolute Gasteiger partial charge is 0.426 e. The lowest BCUT2D eigenvalue weighted by Gasteiger charge is -2.37. The van der Waals surface area contributed by atoms with Gasteiger partial charge >= 0.3 is 5.97 Å². The van der Waals surface area contributed by atoms with Crippen LogP contribution in [-0.2, 0) is 4.79 Å². The first kappa shape index (κ1) is 22.7. The number of hydrogen-bond donors (Lipinski definition) is 1. The molecule has 2 aliphatic rings. The molecule has 2 aliphatic carbocycles. The predicted molar refractivity (Wildman–Crippen MR) is 124 cm³/mol. The average Bonchev–Trinajstić information content (AvgIpc) is 2.76. The van der Waals surface area contributed by atoms with Crippen LogP contribution < -0.4 is 4.74 Å². The molecule has 2 nitrogen and oxygen atoms in total. The fourth-order valence-electron chi connectivity index (χ4n) is 5.52. The highest BCUT2D eigenvalue weighted by Gasteiger charge is 2.33. The molecule has 29 heavy (non-hydrogen) atoms. The van der Waals surface area contributed by atoms with E-state index in [2.05, 4.69) is 19.6 Å². The van der Waals surface area contributed by atoms with Crippen molar-refractivity contribution >= 4 is 18.6 Å². The lowest BCUT2D eigenvalue weighted by molar-refractivity contribution is -0.140. The van der Waals surface area contributed by atoms with Crippen LogP contribution in [0.1, 0.15) is 96.8 Å². The van der Waals surface area contributed by atoms with E-state index in [0.717, 1.165) is 35.5 Å². The van der Waals surface area contributed by atoms with Crippen LogP contribution in [0.25, 0.3) is 0 Å². The smallest absolute Gasteiger partial charge is 0.314 e. The minimum absolute atomic E-state index is 0.0397. The van der Waals surface area contributed by atoms with Gasteiger partial charge in [-0.3, -0.25) is 4.79 Å². The maximum Gasteiger partial charge on any atom is 0.314 e. The first-order chi connectivity index (χ1) is 14.2. The van der Waals surface area contributed by atoms with Gasteiger partial charge in [0, 0.05) is 4.90 Å². The van der Waals surface area contributed by atoms with Gasteiger partial charge in [0.2, 0.25) is 0 Å². The Hall–Kier alpha value is -0.960. The second-order valence-electron chi connectivity index (χ2n) is 9.51. The van der Waals surface area contributed by atoms with Crippen LogP contribution in [0.5, 0.6) is 5.75 Å². The van der Waals surface area contributed by atoms with Crippen LogP contribution in [-0.4, -0.2) is 5.97 Å². The topological polar surface area (TPSA) is 26.3 Å². The van der Waals surface area contributed by atoms with Crippen LogP contribution in [0.2, 0.25) is 0 Å². The van der Waals surface area contributed by atoms with Gasteiger partial charge < -0.3 is 4.74 Å². The summed E-state index contributed by atoms with van der Waals surface area (Å²) in [4.78, 5) is 13.4. The minimum Gasteiger partial charge on any atom is -0.426 e. The summed E-state index contributed by atoms with van der Waals surface area (Å²) in [6, 6.07) is 7.39. The summed E-state index contributed by atoms with van der Waals surface area (Å²) in [5, 5.41) is 0. The first-order valence-corrected chi connectivity index (χ1v) is 12.6. The lowest BCUT2D eigenvalue weighted by atomic mass is 9.68. The summed E-state index contributed by atoms with van der Waals surface area (Å²) in [6.45, 7) is 2.29. The summed E-state index contributed by atoms with van der Waals surface area (Å²) >= 11 is 4.28. The summed E-state index contributed by atoms with van der Waals surface area (Å²) < 4.78 is 5.59. The van der Waals surface area contributed by atoms with Gasteiger partial charge in [0.25, 0.3) is 0 Å². The molecule has 1 aromatic rings. The molecule has 3 heteroatoms. The summed E-state index contributed by atoms with van der Waals surface area (Å²) in [5.41, 5.74) is 0. The van der Waals surface area contributed by atoms with Crippen LogP contribution in [0, 0.1) is 23.7 Å². The Balaban J connectivity index is 1.32. The van der Waals surface area contributed by atoms with Gasteiger partial charge in [-0.2, -0.15) is 0 Å². The zero-order chi connectivity index (χ0) is 20.5. The quantitative estimate of drug-likeness (QED) is 0.192. The van der Waals surface area contributed by atoms with E-state index in [9.17, 15) is 4.79 Å². The number of unbranched alkanes of at least 4 members (excludes halogenated alkanes) is 4. The van der Waals surface area contributed by atoms with E-state index in [-0.39, 0.29) is 11.9 Å². The van der Waals surface area contributed by atoms with E-state index < -0.39 is 0 Å². The summed E-state index contributed by atoms with van der Waals surface area (Å²) in [5.74, 6) is 3.42. The van der Waals surface area contributed by atoms with Crippen LogP contribution in [0.4, 0.5) is 0 Å². The van der Waals surface area contributed by atoms with E-state index in [1.54, 1.807) is 0 Å². The number of ether oxygens (including phenoxy) is 1. The van der Waals surface area contributed by atoms with Gasteiger partial charge in [0.15, 0.2) is 0 Å². The molecular weight excluding hydrogens is 376 g/mol. The molecule has 162 valence electrons. The third-order valence-corrected chi connectivity index (χ3v) is 7.73. The molecular formula is C26H40O2S. The minimum atomic E-state index is -0.0397. The molecule has 0 atom stereocenters. The Morgan fingerprint density at radius 2 is 1.45 bits per heavy atom. The standard InChI is InChI=1S/C26H40O2S/c1-2-3-4-5-6-7-20-8-10-21(11-9-20)22-12-14-23(15-13-22)26(27)28-24-16-18-25(29)19-17-24/h16-23,29H,2-15H2,1H3. The highest BCUT2D eigenvalue weighted by molar-refractivity contribution is 7.80. The highest BCUT2D eigenvalue weighted by Crippen LogP contribution is 2.42. The maximum atomic E-state index is 12.5. The SMILES string of the molecule is CCCCCCCC1CCC(C2CCC(C(=O)Oc3ccc(S)cc3)CC2)CC1. The maximum absolute atomic E-state index is 12.5. The highest BCUT2D eigenvalue weighted by atomic mass is 32.1. The van der Waals surface area contributed by atoms with Gasteiger partial charge in [-0.15, -0.1) is 12.6 Å². The zero-order valence-corrected chi connectivity index (χ0v) is 19.2. The second kappa shape index (κ2) is 12.0. The van der Waals surface area contributed by atoms with Crippen LogP contribution in [0.15, 0.2) is 29.2 Å². The molecule has 0 radical (unpaired) electrons. The molecule has 0 bridgehead atoms. The zero-order valence-electron chi connectivity index (χ0n) is 18.3. The van der Waals surface area contributed by atoms with E-state index in [0.29, 0.717) is 5.75 Å². The van der Waals surface area contributed by atoms with Gasteiger partial charge in [-0.05, 0) is 80.5 Å². The van der Waals surface area contributed by atoms with Crippen molar-refractivity contribution < 1.29 is 9.53 Å². The number of esters is 1. The molecule has 0 heterocycles.